The van der Waals surface area contributed by atoms with Crippen molar-refractivity contribution in [1.29, 1.82) is 0 Å². The summed E-state index contributed by atoms with van der Waals surface area (Å²) >= 11 is 0. The van der Waals surface area contributed by atoms with E-state index in [4.69, 9.17) is 0 Å². The van der Waals surface area contributed by atoms with Crippen LogP contribution in [-0.2, 0) is 0 Å². The summed E-state index contributed by atoms with van der Waals surface area (Å²) in [7, 11) is 0. The lowest BCUT2D eigenvalue weighted by atomic mass is 10.0. The van der Waals surface area contributed by atoms with Crippen LogP contribution in [0.15, 0.2) is 48.8 Å². The van der Waals surface area contributed by atoms with Gasteiger partial charge in [-0.2, -0.15) is 5.10 Å². The van der Waals surface area contributed by atoms with Gasteiger partial charge in [-0.3, -0.25) is 14.3 Å². The number of carbonyl (C=O) groups is 1. The van der Waals surface area contributed by atoms with Crippen LogP contribution in [0.4, 0.5) is 5.69 Å². The summed E-state index contributed by atoms with van der Waals surface area (Å²) in [6.45, 7) is 4.19. The molecule has 0 radical (unpaired) electrons. The lowest BCUT2D eigenvalue weighted by molar-refractivity contribution is 0.102. The smallest absolute Gasteiger partial charge is 0.274 e. The van der Waals surface area contributed by atoms with Gasteiger partial charge < -0.3 is 5.32 Å². The summed E-state index contributed by atoms with van der Waals surface area (Å²) in [6, 6.07) is 11.3. The van der Waals surface area contributed by atoms with Crippen molar-refractivity contribution in [3.63, 3.8) is 0 Å². The largest absolute Gasteiger partial charge is 0.320 e. The number of benzene rings is 1. The van der Waals surface area contributed by atoms with Gasteiger partial charge in [0, 0.05) is 17.3 Å². The maximum absolute atomic E-state index is 12.7. The third-order valence-electron chi connectivity index (χ3n) is 4.08. The Kier molecular flexibility index (Phi) is 3.30. The average Bonchev–Trinajstić information content (AvgIpc) is 3.19. The van der Waals surface area contributed by atoms with E-state index in [0.29, 0.717) is 5.69 Å². The highest BCUT2D eigenvalue weighted by atomic mass is 16.1. The first-order valence-electron chi connectivity index (χ1n) is 7.85. The molecule has 0 saturated carbocycles. The SMILES string of the molecule is CC(C)c1[nH]nc2cccc(NC(=O)c3cnc4ccccn34)c12. The number of amides is 1. The van der Waals surface area contributed by atoms with Gasteiger partial charge in [0.1, 0.15) is 11.3 Å². The van der Waals surface area contributed by atoms with Crippen molar-refractivity contribution < 1.29 is 4.79 Å². The predicted octanol–water partition coefficient (Wildman–Crippen LogP) is 3.59. The van der Waals surface area contributed by atoms with E-state index in [1.165, 1.54) is 0 Å². The number of carbonyl (C=O) groups excluding carboxylic acids is 1. The van der Waals surface area contributed by atoms with Gasteiger partial charge in [-0.15, -0.1) is 0 Å². The van der Waals surface area contributed by atoms with E-state index in [2.05, 4.69) is 34.3 Å². The molecule has 6 nitrogen and oxygen atoms in total. The average molecular weight is 319 g/mol. The van der Waals surface area contributed by atoms with E-state index in [0.717, 1.165) is 27.9 Å². The molecule has 0 aliphatic rings. The highest BCUT2D eigenvalue weighted by molar-refractivity contribution is 6.08. The van der Waals surface area contributed by atoms with Gasteiger partial charge in [-0.05, 0) is 30.2 Å². The Morgan fingerprint density at radius 1 is 1.21 bits per heavy atom. The minimum absolute atomic E-state index is 0.197. The number of H-pyrrole nitrogens is 1. The summed E-state index contributed by atoms with van der Waals surface area (Å²) in [5.41, 5.74) is 3.85. The molecular formula is C18H17N5O. The normalized spacial score (nSPS) is 11.5. The number of rotatable bonds is 3. The third kappa shape index (κ3) is 2.23. The Bertz CT molecular complexity index is 1040. The molecule has 0 spiro atoms. The van der Waals surface area contributed by atoms with Crippen LogP contribution >= 0.6 is 0 Å². The number of fused-ring (bicyclic) bond motifs is 2. The number of hydrogen-bond donors (Lipinski definition) is 2. The summed E-state index contributed by atoms with van der Waals surface area (Å²) in [5, 5.41) is 11.4. The second kappa shape index (κ2) is 5.49. The molecule has 0 unspecified atom stereocenters. The van der Waals surface area contributed by atoms with E-state index in [-0.39, 0.29) is 11.8 Å². The quantitative estimate of drug-likeness (QED) is 0.606. The van der Waals surface area contributed by atoms with Gasteiger partial charge >= 0.3 is 0 Å². The van der Waals surface area contributed by atoms with Crippen LogP contribution < -0.4 is 5.32 Å². The lowest BCUT2D eigenvalue weighted by Gasteiger charge is -2.09. The summed E-state index contributed by atoms with van der Waals surface area (Å²) in [6.07, 6.45) is 3.42. The molecule has 3 aromatic heterocycles. The summed E-state index contributed by atoms with van der Waals surface area (Å²) in [5.74, 6) is 0.0842. The van der Waals surface area contributed by atoms with Gasteiger partial charge in [0.15, 0.2) is 0 Å². The number of aromatic nitrogens is 4. The van der Waals surface area contributed by atoms with Crippen LogP contribution in [0.3, 0.4) is 0 Å². The van der Waals surface area contributed by atoms with Gasteiger partial charge in [0.05, 0.1) is 17.4 Å². The van der Waals surface area contributed by atoms with Gasteiger partial charge in [-0.25, -0.2) is 4.98 Å². The molecule has 1 aromatic carbocycles. The number of pyridine rings is 1. The lowest BCUT2D eigenvalue weighted by Crippen LogP contribution is -2.14. The molecule has 0 aliphatic heterocycles. The van der Waals surface area contributed by atoms with Crippen molar-refractivity contribution in [2.45, 2.75) is 19.8 Å². The first-order chi connectivity index (χ1) is 11.6. The highest BCUT2D eigenvalue weighted by Gasteiger charge is 2.17. The van der Waals surface area contributed by atoms with Crippen LogP contribution in [0.1, 0.15) is 35.9 Å². The molecule has 24 heavy (non-hydrogen) atoms. The van der Waals surface area contributed by atoms with Crippen LogP contribution in [-0.4, -0.2) is 25.5 Å². The van der Waals surface area contributed by atoms with Gasteiger partial charge in [-0.1, -0.05) is 26.0 Å². The van der Waals surface area contributed by atoms with Crippen molar-refractivity contribution >= 4 is 28.1 Å². The van der Waals surface area contributed by atoms with Crippen LogP contribution in [0.5, 0.6) is 0 Å². The molecule has 4 rings (SSSR count). The fourth-order valence-electron chi connectivity index (χ4n) is 2.90. The first kappa shape index (κ1) is 14.4. The van der Waals surface area contributed by atoms with Crippen molar-refractivity contribution in [1.82, 2.24) is 19.6 Å². The number of nitrogens with one attached hydrogen (secondary N) is 2. The van der Waals surface area contributed by atoms with E-state index >= 15 is 0 Å². The second-order valence-corrected chi connectivity index (χ2v) is 6.02. The monoisotopic (exact) mass is 319 g/mol. The molecular weight excluding hydrogens is 302 g/mol. The predicted molar refractivity (Wildman–Crippen MR) is 93.3 cm³/mol. The maximum Gasteiger partial charge on any atom is 0.274 e. The van der Waals surface area contributed by atoms with E-state index in [1.54, 1.807) is 10.6 Å². The number of anilines is 1. The minimum atomic E-state index is -0.197. The topological polar surface area (TPSA) is 75.1 Å². The standard InChI is InChI=1S/C18H17N5O/c1-11(2)17-16-12(6-5-7-13(16)21-22-17)20-18(24)14-10-19-15-8-3-4-9-23(14)15/h3-11H,1-2H3,(H,20,24)(H,21,22). The fraction of sp³-hybridized carbons (Fsp3) is 0.167. The minimum Gasteiger partial charge on any atom is -0.320 e. The molecule has 0 saturated heterocycles. The first-order valence-corrected chi connectivity index (χ1v) is 7.85. The Labute approximate surface area is 138 Å². The molecule has 0 fully saturated rings. The Morgan fingerprint density at radius 3 is 2.92 bits per heavy atom. The van der Waals surface area contributed by atoms with Crippen LogP contribution in [0.2, 0.25) is 0 Å². The Morgan fingerprint density at radius 2 is 2.08 bits per heavy atom. The zero-order valence-electron chi connectivity index (χ0n) is 13.4. The molecule has 3 heterocycles. The third-order valence-corrected chi connectivity index (χ3v) is 4.08. The molecule has 120 valence electrons. The Hall–Kier alpha value is -3.15. The molecule has 1 amide bonds. The molecule has 0 aliphatic carbocycles. The molecule has 2 N–H and O–H groups in total. The van der Waals surface area contributed by atoms with E-state index < -0.39 is 0 Å². The van der Waals surface area contributed by atoms with Crippen molar-refractivity contribution in [2.24, 2.45) is 0 Å². The van der Waals surface area contributed by atoms with Gasteiger partial charge in [0.2, 0.25) is 0 Å². The van der Waals surface area contributed by atoms with Gasteiger partial charge in [0.25, 0.3) is 5.91 Å². The molecule has 4 aromatic rings. The van der Waals surface area contributed by atoms with E-state index in [1.807, 2.05) is 42.6 Å². The van der Waals surface area contributed by atoms with Crippen LogP contribution in [0, 0.1) is 0 Å². The summed E-state index contributed by atoms with van der Waals surface area (Å²) < 4.78 is 1.77. The Balaban J connectivity index is 1.76. The summed E-state index contributed by atoms with van der Waals surface area (Å²) in [4.78, 5) is 17.0. The molecule has 0 atom stereocenters. The fourth-order valence-corrected chi connectivity index (χ4v) is 2.90. The number of hydrogen-bond acceptors (Lipinski definition) is 3. The van der Waals surface area contributed by atoms with E-state index in [9.17, 15) is 4.79 Å². The second-order valence-electron chi connectivity index (χ2n) is 6.02. The number of aromatic amines is 1. The van der Waals surface area contributed by atoms with Crippen molar-refractivity contribution in [2.75, 3.05) is 5.32 Å². The van der Waals surface area contributed by atoms with Crippen molar-refractivity contribution in [3.05, 3.63) is 60.2 Å². The molecule has 0 bridgehead atoms. The van der Waals surface area contributed by atoms with Crippen molar-refractivity contribution in [3.8, 4) is 0 Å². The highest BCUT2D eigenvalue weighted by Crippen LogP contribution is 2.29. The number of nitrogens with zero attached hydrogens (tertiary/aromatic N) is 3. The van der Waals surface area contributed by atoms with Crippen LogP contribution in [0.25, 0.3) is 16.6 Å². The molecule has 6 heteroatoms. The maximum atomic E-state index is 12.7. The zero-order chi connectivity index (χ0) is 16.7. The number of imidazole rings is 1. The zero-order valence-corrected chi connectivity index (χ0v) is 13.4.